The Hall–Kier alpha value is -2.74. The van der Waals surface area contributed by atoms with Crippen molar-refractivity contribution in [2.45, 2.75) is 31.3 Å². The molecule has 1 N–H and O–H groups in total. The lowest BCUT2D eigenvalue weighted by molar-refractivity contribution is -0.120. The Morgan fingerprint density at radius 1 is 1.22 bits per heavy atom. The summed E-state index contributed by atoms with van der Waals surface area (Å²) in [7, 11) is 0. The van der Waals surface area contributed by atoms with Gasteiger partial charge < -0.3 is 5.32 Å². The van der Waals surface area contributed by atoms with E-state index >= 15 is 0 Å². The van der Waals surface area contributed by atoms with Crippen LogP contribution >= 0.6 is 0 Å². The first-order valence-corrected chi connectivity index (χ1v) is 7.68. The Labute approximate surface area is 135 Å². The first-order chi connectivity index (χ1) is 11.2. The molecule has 0 atom stereocenters. The monoisotopic (exact) mass is 306 g/mol. The van der Waals surface area contributed by atoms with Gasteiger partial charge in [0.25, 0.3) is 0 Å². The summed E-state index contributed by atoms with van der Waals surface area (Å²) in [5.41, 5.74) is 0.652. The van der Waals surface area contributed by atoms with Gasteiger partial charge in [0.2, 0.25) is 5.91 Å². The minimum Gasteiger partial charge on any atom is -0.356 e. The summed E-state index contributed by atoms with van der Waals surface area (Å²) in [6.07, 6.45) is 11.3. The lowest BCUT2D eigenvalue weighted by Gasteiger charge is -2.10. The SMILES string of the molecule is C#CCCC1(CCNC(=O)Cc2ccc3cnccc3c2)N=N1. The average molecular weight is 306 g/mol. The molecule has 2 heterocycles. The van der Waals surface area contributed by atoms with Gasteiger partial charge in [-0.1, -0.05) is 18.2 Å². The molecule has 1 aromatic heterocycles. The van der Waals surface area contributed by atoms with Gasteiger partial charge in [0.1, 0.15) is 0 Å². The van der Waals surface area contributed by atoms with Gasteiger partial charge in [0.05, 0.1) is 6.42 Å². The van der Waals surface area contributed by atoms with E-state index in [1.807, 2.05) is 30.5 Å². The molecule has 0 radical (unpaired) electrons. The van der Waals surface area contributed by atoms with E-state index in [0.29, 0.717) is 25.8 Å². The Morgan fingerprint density at radius 3 is 2.87 bits per heavy atom. The molecule has 1 aliphatic rings. The van der Waals surface area contributed by atoms with E-state index in [2.05, 4.69) is 26.4 Å². The minimum atomic E-state index is -0.338. The van der Waals surface area contributed by atoms with Gasteiger partial charge in [-0.3, -0.25) is 9.78 Å². The summed E-state index contributed by atoms with van der Waals surface area (Å²) in [6.45, 7) is 0.563. The number of carbonyl (C=O) groups excluding carboxylic acids is 1. The van der Waals surface area contributed by atoms with Gasteiger partial charge in [-0.25, -0.2) is 0 Å². The third-order valence-corrected chi connectivity index (χ3v) is 3.97. The van der Waals surface area contributed by atoms with Crippen LogP contribution in [0.5, 0.6) is 0 Å². The second-order valence-corrected chi connectivity index (χ2v) is 5.72. The number of terminal acetylenes is 1. The third kappa shape index (κ3) is 3.92. The van der Waals surface area contributed by atoms with E-state index in [0.717, 1.165) is 22.8 Å². The number of rotatable bonds is 7. The van der Waals surface area contributed by atoms with E-state index in [9.17, 15) is 4.79 Å². The molecular weight excluding hydrogens is 288 g/mol. The summed E-state index contributed by atoms with van der Waals surface area (Å²) < 4.78 is 0. The predicted molar refractivity (Wildman–Crippen MR) is 88.7 cm³/mol. The van der Waals surface area contributed by atoms with Crippen molar-refractivity contribution in [3.05, 3.63) is 42.2 Å². The fraction of sp³-hybridized carbons (Fsp3) is 0.333. The zero-order valence-electron chi connectivity index (χ0n) is 12.8. The van der Waals surface area contributed by atoms with Crippen LogP contribution in [0.3, 0.4) is 0 Å². The molecule has 116 valence electrons. The van der Waals surface area contributed by atoms with E-state index in [1.54, 1.807) is 6.20 Å². The molecule has 1 aromatic carbocycles. The summed E-state index contributed by atoms with van der Waals surface area (Å²) in [5, 5.41) is 13.2. The van der Waals surface area contributed by atoms with Crippen LogP contribution in [0.2, 0.25) is 0 Å². The molecule has 1 amide bonds. The molecule has 23 heavy (non-hydrogen) atoms. The summed E-state index contributed by atoms with van der Waals surface area (Å²) in [5.74, 6) is 2.60. The zero-order valence-corrected chi connectivity index (χ0v) is 12.8. The smallest absolute Gasteiger partial charge is 0.224 e. The van der Waals surface area contributed by atoms with Crippen LogP contribution in [0.15, 0.2) is 46.9 Å². The molecule has 0 saturated heterocycles. The van der Waals surface area contributed by atoms with Gasteiger partial charge in [-0.2, -0.15) is 10.2 Å². The number of carbonyl (C=O) groups is 1. The van der Waals surface area contributed by atoms with Crippen molar-refractivity contribution < 1.29 is 4.79 Å². The third-order valence-electron chi connectivity index (χ3n) is 3.97. The van der Waals surface area contributed by atoms with Gasteiger partial charge in [0.15, 0.2) is 5.66 Å². The zero-order chi connectivity index (χ0) is 16.1. The van der Waals surface area contributed by atoms with Gasteiger partial charge in [-0.15, -0.1) is 12.3 Å². The lowest BCUT2D eigenvalue weighted by atomic mass is 10.0. The summed E-state index contributed by atoms with van der Waals surface area (Å²) in [6, 6.07) is 7.92. The Kier molecular flexibility index (Phi) is 4.33. The number of aromatic nitrogens is 1. The van der Waals surface area contributed by atoms with Crippen LogP contribution in [0, 0.1) is 12.3 Å². The number of amides is 1. The first-order valence-electron chi connectivity index (χ1n) is 7.68. The molecule has 0 saturated carbocycles. The molecule has 5 nitrogen and oxygen atoms in total. The number of benzene rings is 1. The molecular formula is C18H18N4O. The number of hydrogen-bond acceptors (Lipinski definition) is 4. The highest BCUT2D eigenvalue weighted by Gasteiger charge is 2.38. The van der Waals surface area contributed by atoms with Crippen LogP contribution in [-0.2, 0) is 11.2 Å². The van der Waals surface area contributed by atoms with Crippen LogP contribution in [0.25, 0.3) is 10.8 Å². The molecule has 0 spiro atoms. The van der Waals surface area contributed by atoms with Gasteiger partial charge in [-0.05, 0) is 17.0 Å². The second-order valence-electron chi connectivity index (χ2n) is 5.72. The maximum atomic E-state index is 12.1. The predicted octanol–water partition coefficient (Wildman–Crippen LogP) is 2.86. The fourth-order valence-corrected chi connectivity index (χ4v) is 2.56. The van der Waals surface area contributed by atoms with Crippen LogP contribution in [0.1, 0.15) is 24.8 Å². The molecule has 0 unspecified atom stereocenters. The lowest BCUT2D eigenvalue weighted by Crippen LogP contribution is -2.29. The summed E-state index contributed by atoms with van der Waals surface area (Å²) in [4.78, 5) is 16.1. The van der Waals surface area contributed by atoms with Crippen LogP contribution < -0.4 is 5.32 Å². The standard InChI is InChI=1S/C18H18N4O/c1-2-3-7-18(21-22-18)8-10-20-17(23)12-14-4-5-16-13-19-9-6-15(16)11-14/h1,4-6,9,11,13H,3,7-8,10,12H2,(H,20,23). The second kappa shape index (κ2) is 6.57. The molecule has 5 heteroatoms. The van der Waals surface area contributed by atoms with Crippen molar-refractivity contribution in [2.75, 3.05) is 6.54 Å². The fourth-order valence-electron chi connectivity index (χ4n) is 2.56. The van der Waals surface area contributed by atoms with E-state index in [-0.39, 0.29) is 11.6 Å². The number of nitrogens with zero attached hydrogens (tertiary/aromatic N) is 3. The van der Waals surface area contributed by atoms with Crippen molar-refractivity contribution in [3.63, 3.8) is 0 Å². The molecule has 3 rings (SSSR count). The Balaban J connectivity index is 1.48. The maximum Gasteiger partial charge on any atom is 0.224 e. The number of hydrogen-bond donors (Lipinski definition) is 1. The maximum absolute atomic E-state index is 12.1. The quantitative estimate of drug-likeness (QED) is 0.799. The molecule has 1 aliphatic heterocycles. The largest absolute Gasteiger partial charge is 0.356 e. The molecule has 2 aromatic rings. The van der Waals surface area contributed by atoms with Crippen molar-refractivity contribution in [2.24, 2.45) is 10.2 Å². The summed E-state index contributed by atoms with van der Waals surface area (Å²) >= 11 is 0. The van der Waals surface area contributed by atoms with Crippen molar-refractivity contribution in [1.29, 1.82) is 0 Å². The number of fused-ring (bicyclic) bond motifs is 1. The molecule has 0 fully saturated rings. The topological polar surface area (TPSA) is 66.7 Å². The number of pyridine rings is 1. The van der Waals surface area contributed by atoms with E-state index < -0.39 is 0 Å². The average Bonchev–Trinajstić information content (AvgIpc) is 3.33. The van der Waals surface area contributed by atoms with Crippen molar-refractivity contribution in [3.8, 4) is 12.3 Å². The first kappa shape index (κ1) is 15.2. The van der Waals surface area contributed by atoms with Crippen molar-refractivity contribution in [1.82, 2.24) is 10.3 Å². The highest BCUT2D eigenvalue weighted by Crippen LogP contribution is 2.35. The molecule has 0 aliphatic carbocycles. The Bertz CT molecular complexity index is 785. The van der Waals surface area contributed by atoms with E-state index in [4.69, 9.17) is 6.42 Å². The molecule has 0 bridgehead atoms. The van der Waals surface area contributed by atoms with Crippen LogP contribution in [0.4, 0.5) is 0 Å². The van der Waals surface area contributed by atoms with Gasteiger partial charge in [0, 0.05) is 43.6 Å². The van der Waals surface area contributed by atoms with E-state index in [1.165, 1.54) is 0 Å². The van der Waals surface area contributed by atoms with Gasteiger partial charge >= 0.3 is 0 Å². The highest BCUT2D eigenvalue weighted by atomic mass is 16.1. The number of nitrogens with one attached hydrogen (secondary N) is 1. The highest BCUT2D eigenvalue weighted by molar-refractivity contribution is 5.84. The normalized spacial score (nSPS) is 14.4. The van der Waals surface area contributed by atoms with Crippen molar-refractivity contribution >= 4 is 16.7 Å². The minimum absolute atomic E-state index is 0.00570. The van der Waals surface area contributed by atoms with Crippen LogP contribution in [-0.4, -0.2) is 23.1 Å². The Morgan fingerprint density at radius 2 is 2.09 bits per heavy atom.